The summed E-state index contributed by atoms with van der Waals surface area (Å²) in [5, 5.41) is 14.2. The lowest BCUT2D eigenvalue weighted by Crippen LogP contribution is -2.28. The Hall–Kier alpha value is -1.64. The van der Waals surface area contributed by atoms with Crippen LogP contribution in [0.4, 0.5) is 0 Å². The molecule has 0 saturated heterocycles. The molecule has 1 atom stereocenters. The van der Waals surface area contributed by atoms with E-state index >= 15 is 0 Å². The van der Waals surface area contributed by atoms with Crippen molar-refractivity contribution in [2.45, 2.75) is 18.1 Å². The maximum Gasteiger partial charge on any atom is 0.230 e. The van der Waals surface area contributed by atoms with Gasteiger partial charge < -0.3 is 9.88 Å². The van der Waals surface area contributed by atoms with E-state index in [9.17, 15) is 4.79 Å². The molecule has 5 nitrogen and oxygen atoms in total. The number of thioether (sulfide) groups is 1. The molecule has 0 aliphatic heterocycles. The zero-order valence-corrected chi connectivity index (χ0v) is 17.0. The predicted molar refractivity (Wildman–Crippen MR) is 106 cm³/mol. The third-order valence-corrected chi connectivity index (χ3v) is 6.27. The Kier molecular flexibility index (Phi) is 5.93. The summed E-state index contributed by atoms with van der Waals surface area (Å²) in [7, 11) is 1.92. The Balaban J connectivity index is 1.59. The first-order valence-electron chi connectivity index (χ1n) is 7.66. The number of amides is 1. The first kappa shape index (κ1) is 18.2. The van der Waals surface area contributed by atoms with Crippen molar-refractivity contribution in [3.8, 4) is 10.7 Å². The number of thiophene rings is 1. The lowest BCUT2D eigenvalue weighted by Gasteiger charge is -2.15. The molecule has 1 amide bonds. The number of aromatic nitrogens is 3. The first-order valence-corrected chi connectivity index (χ1v) is 10.3. The van der Waals surface area contributed by atoms with Gasteiger partial charge in [-0.2, -0.15) is 0 Å². The Morgan fingerprint density at radius 3 is 2.84 bits per heavy atom. The van der Waals surface area contributed by atoms with Gasteiger partial charge in [0, 0.05) is 11.5 Å². The fraction of sp³-hybridized carbons (Fsp3) is 0.235. The van der Waals surface area contributed by atoms with Gasteiger partial charge in [0.1, 0.15) is 0 Å². The number of hydrogen-bond acceptors (Lipinski definition) is 5. The lowest BCUT2D eigenvalue weighted by molar-refractivity contribution is -0.119. The van der Waals surface area contributed by atoms with E-state index in [2.05, 4.69) is 31.4 Å². The third kappa shape index (κ3) is 4.31. The van der Waals surface area contributed by atoms with Crippen molar-refractivity contribution in [3.05, 3.63) is 51.8 Å². The van der Waals surface area contributed by atoms with Crippen LogP contribution in [0.15, 0.2) is 51.4 Å². The molecule has 3 rings (SSSR count). The number of hydrogen-bond donors (Lipinski definition) is 1. The summed E-state index contributed by atoms with van der Waals surface area (Å²) in [6, 6.07) is 11.8. The Bertz CT molecular complexity index is 863. The van der Waals surface area contributed by atoms with Crippen molar-refractivity contribution in [2.75, 3.05) is 5.75 Å². The lowest BCUT2D eigenvalue weighted by atomic mass is 10.1. The normalized spacial score (nSPS) is 12.1. The molecule has 0 saturated carbocycles. The summed E-state index contributed by atoms with van der Waals surface area (Å²) in [6.07, 6.45) is 0. The second-order valence-corrected chi connectivity index (χ2v) is 8.19. The number of rotatable bonds is 6. The van der Waals surface area contributed by atoms with Crippen molar-refractivity contribution in [2.24, 2.45) is 7.05 Å². The molecule has 0 bridgehead atoms. The van der Waals surface area contributed by atoms with E-state index in [4.69, 9.17) is 0 Å². The number of carbonyl (C=O) groups is 1. The molecule has 1 aromatic carbocycles. The molecule has 0 fully saturated rings. The Morgan fingerprint density at radius 2 is 2.12 bits per heavy atom. The van der Waals surface area contributed by atoms with Gasteiger partial charge in [-0.1, -0.05) is 52.0 Å². The maximum absolute atomic E-state index is 12.3. The molecule has 2 heterocycles. The van der Waals surface area contributed by atoms with Crippen LogP contribution in [0.3, 0.4) is 0 Å². The number of halogens is 1. The molecule has 130 valence electrons. The van der Waals surface area contributed by atoms with Gasteiger partial charge in [-0.15, -0.1) is 21.5 Å². The van der Waals surface area contributed by atoms with Gasteiger partial charge in [-0.3, -0.25) is 4.79 Å². The van der Waals surface area contributed by atoms with Crippen molar-refractivity contribution in [1.29, 1.82) is 0 Å². The van der Waals surface area contributed by atoms with Crippen LogP contribution in [0.5, 0.6) is 0 Å². The van der Waals surface area contributed by atoms with Crippen LogP contribution >= 0.6 is 39.0 Å². The van der Waals surface area contributed by atoms with Crippen LogP contribution < -0.4 is 5.32 Å². The van der Waals surface area contributed by atoms with Crippen LogP contribution in [0.25, 0.3) is 10.7 Å². The van der Waals surface area contributed by atoms with E-state index in [1.165, 1.54) is 11.8 Å². The van der Waals surface area contributed by atoms with E-state index in [0.29, 0.717) is 5.75 Å². The maximum atomic E-state index is 12.3. The van der Waals surface area contributed by atoms with Crippen LogP contribution in [-0.2, 0) is 11.8 Å². The second-order valence-electron chi connectivity index (χ2n) is 5.44. The Labute approximate surface area is 163 Å². The highest BCUT2D eigenvalue weighted by Crippen LogP contribution is 2.26. The molecule has 0 radical (unpaired) electrons. The predicted octanol–water partition coefficient (Wildman–Crippen LogP) is 4.28. The van der Waals surface area contributed by atoms with Gasteiger partial charge in [-0.25, -0.2) is 0 Å². The van der Waals surface area contributed by atoms with Crippen molar-refractivity contribution >= 4 is 44.9 Å². The summed E-state index contributed by atoms with van der Waals surface area (Å²) < 4.78 is 2.91. The van der Waals surface area contributed by atoms with Crippen LogP contribution in [0.1, 0.15) is 18.5 Å². The molecule has 1 N–H and O–H groups in total. The largest absolute Gasteiger partial charge is 0.349 e. The van der Waals surface area contributed by atoms with Crippen molar-refractivity contribution in [3.63, 3.8) is 0 Å². The highest BCUT2D eigenvalue weighted by Gasteiger charge is 2.15. The minimum absolute atomic E-state index is 0.0334. The van der Waals surface area contributed by atoms with E-state index in [-0.39, 0.29) is 11.9 Å². The summed E-state index contributed by atoms with van der Waals surface area (Å²) in [5.41, 5.74) is 1.06. The quantitative estimate of drug-likeness (QED) is 0.585. The smallest absolute Gasteiger partial charge is 0.230 e. The number of nitrogens with one attached hydrogen (secondary N) is 1. The van der Waals surface area contributed by atoms with Gasteiger partial charge in [-0.05, 0) is 30.0 Å². The third-order valence-electron chi connectivity index (χ3n) is 3.66. The summed E-state index contributed by atoms with van der Waals surface area (Å²) >= 11 is 6.52. The van der Waals surface area contributed by atoms with Crippen molar-refractivity contribution < 1.29 is 4.79 Å². The number of nitrogens with zero attached hydrogens (tertiary/aromatic N) is 3. The fourth-order valence-electron chi connectivity index (χ4n) is 2.38. The summed E-state index contributed by atoms with van der Waals surface area (Å²) in [4.78, 5) is 13.3. The number of benzene rings is 1. The summed E-state index contributed by atoms with van der Waals surface area (Å²) in [6.45, 7) is 1.97. The fourth-order valence-corrected chi connectivity index (χ4v) is 4.47. The molecule has 0 aliphatic carbocycles. The van der Waals surface area contributed by atoms with Crippen LogP contribution in [0, 0.1) is 0 Å². The monoisotopic (exact) mass is 436 g/mol. The van der Waals surface area contributed by atoms with Gasteiger partial charge >= 0.3 is 0 Å². The average Bonchev–Trinajstić information content (AvgIpc) is 3.23. The van der Waals surface area contributed by atoms with Gasteiger partial charge in [0.15, 0.2) is 11.0 Å². The molecule has 25 heavy (non-hydrogen) atoms. The second kappa shape index (κ2) is 8.16. The molecular formula is C17H17BrN4OS2. The minimum atomic E-state index is -0.0650. The molecule has 0 spiro atoms. The van der Waals surface area contributed by atoms with E-state index < -0.39 is 0 Å². The van der Waals surface area contributed by atoms with Gasteiger partial charge in [0.2, 0.25) is 5.91 Å². The molecule has 0 aliphatic rings. The topological polar surface area (TPSA) is 59.8 Å². The zero-order chi connectivity index (χ0) is 17.8. The molecule has 2 aromatic heterocycles. The van der Waals surface area contributed by atoms with Crippen LogP contribution in [-0.4, -0.2) is 26.4 Å². The number of carbonyl (C=O) groups excluding carboxylic acids is 1. The minimum Gasteiger partial charge on any atom is -0.349 e. The highest BCUT2D eigenvalue weighted by atomic mass is 79.9. The van der Waals surface area contributed by atoms with E-state index in [1.807, 2.05) is 60.3 Å². The summed E-state index contributed by atoms with van der Waals surface area (Å²) in [5.74, 6) is 1.08. The van der Waals surface area contributed by atoms with E-state index in [0.717, 1.165) is 25.9 Å². The standard InChI is InChI=1S/C17H17BrN4OS2/c1-11(12-6-3-4-7-13(12)18)19-15(23)10-25-17-21-20-16(22(17)2)14-8-5-9-24-14/h3-9,11H,10H2,1-2H3,(H,19,23). The van der Waals surface area contributed by atoms with Crippen molar-refractivity contribution in [1.82, 2.24) is 20.1 Å². The molecule has 1 unspecified atom stereocenters. The first-order chi connectivity index (χ1) is 12.1. The van der Waals surface area contributed by atoms with Gasteiger partial charge in [0.05, 0.1) is 16.7 Å². The van der Waals surface area contributed by atoms with Crippen LogP contribution in [0.2, 0.25) is 0 Å². The molecular weight excluding hydrogens is 420 g/mol. The Morgan fingerprint density at radius 1 is 1.32 bits per heavy atom. The average molecular weight is 437 g/mol. The highest BCUT2D eigenvalue weighted by molar-refractivity contribution is 9.10. The van der Waals surface area contributed by atoms with E-state index in [1.54, 1.807) is 11.3 Å². The zero-order valence-electron chi connectivity index (χ0n) is 13.8. The molecule has 8 heteroatoms. The SMILES string of the molecule is CC(NC(=O)CSc1nnc(-c2cccs2)n1C)c1ccccc1Br. The molecule has 3 aromatic rings. The van der Waals surface area contributed by atoms with Gasteiger partial charge in [0.25, 0.3) is 0 Å².